The molecule has 0 spiro atoms. The standard InChI is InChI=1S/C18H19F3N4O/c19-18(20,21)14-6-4-5-13(11-14)17(26)23-12-15-22-8-7-16(24-15)25-9-2-1-3-10-25/h4-8,11H,1-3,9-10,12H2,(H,23,26). The van der Waals surface area contributed by atoms with Crippen LogP contribution in [-0.2, 0) is 12.7 Å². The lowest BCUT2D eigenvalue weighted by molar-refractivity contribution is -0.137. The summed E-state index contributed by atoms with van der Waals surface area (Å²) in [4.78, 5) is 22.9. The highest BCUT2D eigenvalue weighted by Crippen LogP contribution is 2.29. The quantitative estimate of drug-likeness (QED) is 0.903. The van der Waals surface area contributed by atoms with Gasteiger partial charge in [-0.2, -0.15) is 13.2 Å². The summed E-state index contributed by atoms with van der Waals surface area (Å²) in [6, 6.07) is 6.15. The van der Waals surface area contributed by atoms with Gasteiger partial charge in [0.1, 0.15) is 11.6 Å². The number of carbonyl (C=O) groups excluding carboxylic acids is 1. The molecule has 2 heterocycles. The molecule has 0 unspecified atom stereocenters. The molecule has 3 rings (SSSR count). The van der Waals surface area contributed by atoms with Crippen molar-refractivity contribution in [1.82, 2.24) is 15.3 Å². The minimum Gasteiger partial charge on any atom is -0.357 e. The van der Waals surface area contributed by atoms with Gasteiger partial charge in [-0.15, -0.1) is 0 Å². The van der Waals surface area contributed by atoms with E-state index in [2.05, 4.69) is 20.2 Å². The van der Waals surface area contributed by atoms with Gasteiger partial charge in [-0.3, -0.25) is 4.79 Å². The molecule has 1 aliphatic heterocycles. The SMILES string of the molecule is O=C(NCc1nccc(N2CCCCC2)n1)c1cccc(C(F)(F)F)c1. The van der Waals surface area contributed by atoms with Crippen molar-refractivity contribution in [3.8, 4) is 0 Å². The van der Waals surface area contributed by atoms with Crippen LogP contribution in [0.4, 0.5) is 19.0 Å². The van der Waals surface area contributed by atoms with Crippen molar-refractivity contribution < 1.29 is 18.0 Å². The van der Waals surface area contributed by atoms with Crippen molar-refractivity contribution in [2.75, 3.05) is 18.0 Å². The molecule has 5 nitrogen and oxygen atoms in total. The van der Waals surface area contributed by atoms with E-state index in [-0.39, 0.29) is 12.1 Å². The van der Waals surface area contributed by atoms with Gasteiger partial charge in [-0.1, -0.05) is 6.07 Å². The number of nitrogens with zero attached hydrogens (tertiary/aromatic N) is 3. The number of hydrogen-bond acceptors (Lipinski definition) is 4. The molecule has 1 N–H and O–H groups in total. The molecular weight excluding hydrogens is 345 g/mol. The molecule has 0 radical (unpaired) electrons. The third kappa shape index (κ3) is 4.50. The average molecular weight is 364 g/mol. The number of benzene rings is 1. The Kier molecular flexibility index (Phi) is 5.39. The highest BCUT2D eigenvalue weighted by Gasteiger charge is 2.30. The average Bonchev–Trinajstić information content (AvgIpc) is 2.66. The molecular formula is C18H19F3N4O. The summed E-state index contributed by atoms with van der Waals surface area (Å²) < 4.78 is 38.2. The molecule has 1 aromatic carbocycles. The first kappa shape index (κ1) is 18.2. The predicted octanol–water partition coefficient (Wildman–Crippen LogP) is 3.42. The Bertz CT molecular complexity index is 773. The van der Waals surface area contributed by atoms with E-state index < -0.39 is 17.6 Å². The molecule has 0 bridgehead atoms. The van der Waals surface area contributed by atoms with Crippen molar-refractivity contribution >= 4 is 11.7 Å². The van der Waals surface area contributed by atoms with Crippen molar-refractivity contribution in [1.29, 1.82) is 0 Å². The molecule has 0 aliphatic carbocycles. The van der Waals surface area contributed by atoms with Crippen molar-refractivity contribution in [2.24, 2.45) is 0 Å². The zero-order valence-corrected chi connectivity index (χ0v) is 14.1. The Balaban J connectivity index is 1.64. The molecule has 1 saturated heterocycles. The first-order valence-electron chi connectivity index (χ1n) is 8.46. The molecule has 1 amide bonds. The maximum atomic E-state index is 12.7. The molecule has 1 aliphatic rings. The molecule has 1 fully saturated rings. The van der Waals surface area contributed by atoms with E-state index in [4.69, 9.17) is 0 Å². The Morgan fingerprint density at radius 2 is 1.92 bits per heavy atom. The number of carbonyl (C=O) groups is 1. The summed E-state index contributed by atoms with van der Waals surface area (Å²) in [5.74, 6) is 0.638. The topological polar surface area (TPSA) is 58.1 Å². The third-order valence-corrected chi connectivity index (χ3v) is 4.23. The van der Waals surface area contributed by atoms with Crippen LogP contribution in [0.2, 0.25) is 0 Å². The molecule has 2 aromatic rings. The number of hydrogen-bond donors (Lipinski definition) is 1. The summed E-state index contributed by atoms with van der Waals surface area (Å²) in [5.41, 5.74) is -0.902. The van der Waals surface area contributed by atoms with E-state index >= 15 is 0 Å². The van der Waals surface area contributed by atoms with Gasteiger partial charge >= 0.3 is 6.18 Å². The Hall–Kier alpha value is -2.64. The lowest BCUT2D eigenvalue weighted by Crippen LogP contribution is -2.31. The first-order valence-corrected chi connectivity index (χ1v) is 8.46. The van der Waals surface area contributed by atoms with E-state index in [1.807, 2.05) is 6.07 Å². The number of rotatable bonds is 4. The van der Waals surface area contributed by atoms with Crippen LogP contribution >= 0.6 is 0 Å². The number of alkyl halides is 3. The maximum absolute atomic E-state index is 12.7. The summed E-state index contributed by atoms with van der Waals surface area (Å²) in [5, 5.41) is 2.57. The van der Waals surface area contributed by atoms with Gasteiger partial charge < -0.3 is 10.2 Å². The minimum absolute atomic E-state index is 0.0491. The lowest BCUT2D eigenvalue weighted by Gasteiger charge is -2.27. The van der Waals surface area contributed by atoms with E-state index in [1.54, 1.807) is 6.20 Å². The van der Waals surface area contributed by atoms with Crippen LogP contribution in [0.15, 0.2) is 36.5 Å². The summed E-state index contributed by atoms with van der Waals surface area (Å²) >= 11 is 0. The van der Waals surface area contributed by atoms with Crippen LogP contribution in [-0.4, -0.2) is 29.0 Å². The zero-order chi connectivity index (χ0) is 18.6. The van der Waals surface area contributed by atoms with E-state index in [0.29, 0.717) is 5.82 Å². The number of halogens is 3. The zero-order valence-electron chi connectivity index (χ0n) is 14.1. The molecule has 138 valence electrons. The van der Waals surface area contributed by atoms with Crippen molar-refractivity contribution in [2.45, 2.75) is 32.0 Å². The predicted molar refractivity (Wildman–Crippen MR) is 90.7 cm³/mol. The molecule has 8 heteroatoms. The molecule has 0 saturated carbocycles. The van der Waals surface area contributed by atoms with Gasteiger partial charge in [0.05, 0.1) is 12.1 Å². The van der Waals surface area contributed by atoms with Gasteiger partial charge in [0.15, 0.2) is 0 Å². The fraction of sp³-hybridized carbons (Fsp3) is 0.389. The van der Waals surface area contributed by atoms with Crippen LogP contribution in [0.3, 0.4) is 0 Å². The number of aromatic nitrogens is 2. The van der Waals surface area contributed by atoms with Crippen molar-refractivity contribution in [3.05, 3.63) is 53.5 Å². The minimum atomic E-state index is -4.48. The highest BCUT2D eigenvalue weighted by molar-refractivity contribution is 5.94. The fourth-order valence-corrected chi connectivity index (χ4v) is 2.87. The fourth-order valence-electron chi connectivity index (χ4n) is 2.87. The Morgan fingerprint density at radius 3 is 2.65 bits per heavy atom. The second-order valence-corrected chi connectivity index (χ2v) is 6.14. The molecule has 26 heavy (non-hydrogen) atoms. The second-order valence-electron chi connectivity index (χ2n) is 6.14. The van der Waals surface area contributed by atoms with Gasteiger partial charge in [-0.25, -0.2) is 9.97 Å². The molecule has 1 aromatic heterocycles. The first-order chi connectivity index (χ1) is 12.4. The Morgan fingerprint density at radius 1 is 1.15 bits per heavy atom. The van der Waals surface area contributed by atoms with Gasteiger partial charge in [0.25, 0.3) is 5.91 Å². The summed E-state index contributed by atoms with van der Waals surface area (Å²) in [7, 11) is 0. The van der Waals surface area contributed by atoms with Gasteiger partial charge in [0, 0.05) is 24.8 Å². The maximum Gasteiger partial charge on any atom is 0.416 e. The number of amides is 1. The number of nitrogens with one attached hydrogen (secondary N) is 1. The van der Waals surface area contributed by atoms with Crippen LogP contribution in [0.1, 0.15) is 41.0 Å². The van der Waals surface area contributed by atoms with E-state index in [0.717, 1.165) is 43.9 Å². The summed E-state index contributed by atoms with van der Waals surface area (Å²) in [6.07, 6.45) is 0.587. The molecule has 0 atom stereocenters. The smallest absolute Gasteiger partial charge is 0.357 e. The van der Waals surface area contributed by atoms with E-state index in [1.165, 1.54) is 18.6 Å². The largest absolute Gasteiger partial charge is 0.416 e. The number of anilines is 1. The van der Waals surface area contributed by atoms with Crippen LogP contribution in [0.5, 0.6) is 0 Å². The monoisotopic (exact) mass is 364 g/mol. The van der Waals surface area contributed by atoms with E-state index in [9.17, 15) is 18.0 Å². The Labute approximate surface area is 149 Å². The van der Waals surface area contributed by atoms with Gasteiger partial charge in [-0.05, 0) is 43.5 Å². The summed E-state index contributed by atoms with van der Waals surface area (Å²) in [6.45, 7) is 1.93. The second kappa shape index (κ2) is 7.72. The highest BCUT2D eigenvalue weighted by atomic mass is 19.4. The van der Waals surface area contributed by atoms with Crippen LogP contribution in [0, 0.1) is 0 Å². The van der Waals surface area contributed by atoms with Gasteiger partial charge in [0.2, 0.25) is 0 Å². The van der Waals surface area contributed by atoms with Crippen LogP contribution in [0.25, 0.3) is 0 Å². The normalized spacial score (nSPS) is 15.0. The number of piperidine rings is 1. The third-order valence-electron chi connectivity index (χ3n) is 4.23. The van der Waals surface area contributed by atoms with Crippen LogP contribution < -0.4 is 10.2 Å². The lowest BCUT2D eigenvalue weighted by atomic mass is 10.1. The van der Waals surface area contributed by atoms with Crippen molar-refractivity contribution in [3.63, 3.8) is 0 Å².